The van der Waals surface area contributed by atoms with Gasteiger partial charge in [0.05, 0.1) is 0 Å². The Balaban J connectivity index is 3.63. The summed E-state index contributed by atoms with van der Waals surface area (Å²) in [6.07, 6.45) is 1.74. The van der Waals surface area contributed by atoms with E-state index in [1.54, 1.807) is 6.92 Å². The first kappa shape index (κ1) is 7.66. The van der Waals surface area contributed by atoms with Crippen molar-refractivity contribution < 1.29 is 10.1 Å². The molecule has 8 heavy (non-hydrogen) atoms. The molecule has 1 unspecified atom stereocenters. The van der Waals surface area contributed by atoms with Gasteiger partial charge in [0.25, 0.3) is 0 Å². The zero-order chi connectivity index (χ0) is 6.57. The van der Waals surface area contributed by atoms with E-state index in [1.165, 1.54) is 0 Å². The highest BCUT2D eigenvalue weighted by atomic mass is 17.1. The van der Waals surface area contributed by atoms with Crippen LogP contribution in [0, 0.1) is 0 Å². The maximum atomic E-state index is 8.10. The van der Waals surface area contributed by atoms with E-state index in [1.807, 2.05) is 19.9 Å². The largest absolute Gasteiger partial charge is 0.251 e. The first-order chi connectivity index (χ1) is 3.72. The van der Waals surface area contributed by atoms with Crippen molar-refractivity contribution in [2.75, 3.05) is 0 Å². The maximum Gasteiger partial charge on any atom is 0.111 e. The summed E-state index contributed by atoms with van der Waals surface area (Å²) in [5.74, 6) is 0. The lowest BCUT2D eigenvalue weighted by Crippen LogP contribution is -2.05. The zero-order valence-electron chi connectivity index (χ0n) is 5.51. The molecule has 0 bridgehead atoms. The highest BCUT2D eigenvalue weighted by molar-refractivity contribution is 5.00. The van der Waals surface area contributed by atoms with E-state index in [0.29, 0.717) is 0 Å². The van der Waals surface area contributed by atoms with E-state index in [4.69, 9.17) is 5.26 Å². The summed E-state index contributed by atoms with van der Waals surface area (Å²) in [6, 6.07) is 0. The van der Waals surface area contributed by atoms with Gasteiger partial charge in [-0.1, -0.05) is 6.08 Å². The Bertz CT molecular complexity index is 86.5. The third kappa shape index (κ3) is 2.09. The van der Waals surface area contributed by atoms with Crippen molar-refractivity contribution in [1.82, 2.24) is 0 Å². The van der Waals surface area contributed by atoms with Crippen LogP contribution in [0.15, 0.2) is 11.6 Å². The van der Waals surface area contributed by atoms with Gasteiger partial charge in [0.15, 0.2) is 0 Å². The highest BCUT2D eigenvalue weighted by Gasteiger charge is 1.99. The molecule has 1 atom stereocenters. The fourth-order valence-electron chi connectivity index (χ4n) is 0.318. The second kappa shape index (κ2) is 3.64. The topological polar surface area (TPSA) is 29.5 Å². The first-order valence-electron chi connectivity index (χ1n) is 2.65. The zero-order valence-corrected chi connectivity index (χ0v) is 5.51. The van der Waals surface area contributed by atoms with Crippen LogP contribution in [0.1, 0.15) is 20.8 Å². The molecule has 0 aliphatic rings. The van der Waals surface area contributed by atoms with E-state index in [-0.39, 0.29) is 6.10 Å². The average molecular weight is 116 g/mol. The highest BCUT2D eigenvalue weighted by Crippen LogP contribution is 2.01. The molecule has 0 aromatic carbocycles. The van der Waals surface area contributed by atoms with Crippen LogP contribution in [0.3, 0.4) is 0 Å². The summed E-state index contributed by atoms with van der Waals surface area (Å²) in [4.78, 5) is 4.03. The Hall–Kier alpha value is -0.340. The number of hydrogen-bond acceptors (Lipinski definition) is 2. The summed E-state index contributed by atoms with van der Waals surface area (Å²) < 4.78 is 0. The quantitative estimate of drug-likeness (QED) is 0.339. The van der Waals surface area contributed by atoms with E-state index in [0.717, 1.165) is 5.57 Å². The predicted molar refractivity (Wildman–Crippen MR) is 32.6 cm³/mol. The van der Waals surface area contributed by atoms with Crippen LogP contribution in [0.2, 0.25) is 0 Å². The number of allylic oxidation sites excluding steroid dienone is 1. The fourth-order valence-corrected chi connectivity index (χ4v) is 0.318. The maximum absolute atomic E-state index is 8.10. The molecule has 0 fully saturated rings. The molecule has 0 saturated carbocycles. The van der Waals surface area contributed by atoms with Gasteiger partial charge in [-0.2, -0.15) is 0 Å². The number of rotatable bonds is 2. The van der Waals surface area contributed by atoms with E-state index >= 15 is 0 Å². The van der Waals surface area contributed by atoms with Crippen molar-refractivity contribution in [3.63, 3.8) is 0 Å². The number of hydrogen-bond donors (Lipinski definition) is 1. The Morgan fingerprint density at radius 2 is 2.25 bits per heavy atom. The van der Waals surface area contributed by atoms with Crippen LogP contribution >= 0.6 is 0 Å². The van der Waals surface area contributed by atoms with Crippen LogP contribution in [-0.4, -0.2) is 11.4 Å². The van der Waals surface area contributed by atoms with Gasteiger partial charge in [-0.3, -0.25) is 5.26 Å². The molecule has 0 aromatic rings. The first-order valence-corrected chi connectivity index (χ1v) is 2.65. The van der Waals surface area contributed by atoms with E-state index in [9.17, 15) is 0 Å². The molecular formula is C6H12O2. The Morgan fingerprint density at radius 3 is 2.38 bits per heavy atom. The van der Waals surface area contributed by atoms with Gasteiger partial charge in [-0.25, -0.2) is 4.89 Å². The van der Waals surface area contributed by atoms with Gasteiger partial charge in [-0.05, 0) is 26.3 Å². The standard InChI is InChI=1S/C6H12O2/c1-4-5(2)6(3)8-7/h4,6-7H,1-3H3/b5-4+. The summed E-state index contributed by atoms with van der Waals surface area (Å²) >= 11 is 0. The summed E-state index contributed by atoms with van der Waals surface area (Å²) in [5.41, 5.74) is 1.03. The molecule has 0 heterocycles. The van der Waals surface area contributed by atoms with Gasteiger partial charge in [0.1, 0.15) is 6.10 Å². The summed E-state index contributed by atoms with van der Waals surface area (Å²) in [6.45, 7) is 5.60. The fraction of sp³-hybridized carbons (Fsp3) is 0.667. The second-order valence-electron chi connectivity index (χ2n) is 1.78. The van der Waals surface area contributed by atoms with Gasteiger partial charge >= 0.3 is 0 Å². The molecule has 2 nitrogen and oxygen atoms in total. The lowest BCUT2D eigenvalue weighted by Gasteiger charge is -2.04. The Kier molecular flexibility index (Phi) is 3.48. The van der Waals surface area contributed by atoms with Crippen LogP contribution in [0.5, 0.6) is 0 Å². The normalized spacial score (nSPS) is 16.2. The van der Waals surface area contributed by atoms with Crippen molar-refractivity contribution in [2.24, 2.45) is 0 Å². The lowest BCUT2D eigenvalue weighted by molar-refractivity contribution is -0.264. The van der Waals surface area contributed by atoms with E-state index in [2.05, 4.69) is 4.89 Å². The molecule has 48 valence electrons. The minimum atomic E-state index is -0.167. The molecule has 0 spiro atoms. The molecule has 0 aliphatic carbocycles. The van der Waals surface area contributed by atoms with Crippen LogP contribution in [0.25, 0.3) is 0 Å². The molecular weight excluding hydrogens is 104 g/mol. The molecule has 1 N–H and O–H groups in total. The average Bonchev–Trinajstić information content (AvgIpc) is 1.84. The SMILES string of the molecule is C/C=C(\C)C(C)OO. The van der Waals surface area contributed by atoms with Crippen molar-refractivity contribution in [3.05, 3.63) is 11.6 Å². The third-order valence-electron chi connectivity index (χ3n) is 1.25. The third-order valence-corrected chi connectivity index (χ3v) is 1.25. The van der Waals surface area contributed by atoms with Crippen LogP contribution < -0.4 is 0 Å². The molecule has 0 radical (unpaired) electrons. The van der Waals surface area contributed by atoms with Crippen LogP contribution in [-0.2, 0) is 4.89 Å². The Labute approximate surface area is 49.7 Å². The summed E-state index contributed by atoms with van der Waals surface area (Å²) in [7, 11) is 0. The van der Waals surface area contributed by atoms with Gasteiger partial charge in [-0.15, -0.1) is 0 Å². The van der Waals surface area contributed by atoms with Crippen molar-refractivity contribution in [3.8, 4) is 0 Å². The molecule has 0 aliphatic heterocycles. The van der Waals surface area contributed by atoms with E-state index < -0.39 is 0 Å². The molecule has 0 aromatic heterocycles. The van der Waals surface area contributed by atoms with Gasteiger partial charge in [0, 0.05) is 0 Å². The predicted octanol–water partition coefficient (Wildman–Crippen LogP) is 1.83. The van der Waals surface area contributed by atoms with Crippen molar-refractivity contribution >= 4 is 0 Å². The Morgan fingerprint density at radius 1 is 1.75 bits per heavy atom. The molecule has 0 amide bonds. The minimum absolute atomic E-state index is 0.167. The smallest absolute Gasteiger partial charge is 0.111 e. The monoisotopic (exact) mass is 116 g/mol. The van der Waals surface area contributed by atoms with Gasteiger partial charge in [0.2, 0.25) is 0 Å². The lowest BCUT2D eigenvalue weighted by atomic mass is 10.2. The van der Waals surface area contributed by atoms with Gasteiger partial charge < -0.3 is 0 Å². The minimum Gasteiger partial charge on any atom is -0.251 e. The van der Waals surface area contributed by atoms with Crippen molar-refractivity contribution in [1.29, 1.82) is 0 Å². The van der Waals surface area contributed by atoms with Crippen LogP contribution in [0.4, 0.5) is 0 Å². The van der Waals surface area contributed by atoms with Crippen molar-refractivity contribution in [2.45, 2.75) is 26.9 Å². The molecule has 0 rings (SSSR count). The molecule has 2 heteroatoms. The molecule has 0 saturated heterocycles. The summed E-state index contributed by atoms with van der Waals surface area (Å²) in [5, 5.41) is 8.10. The second-order valence-corrected chi connectivity index (χ2v) is 1.78.